The molecule has 5 atom stereocenters. The van der Waals surface area contributed by atoms with Crippen molar-refractivity contribution in [2.75, 3.05) is 0 Å². The quantitative estimate of drug-likeness (QED) is 0.487. The van der Waals surface area contributed by atoms with Crippen molar-refractivity contribution in [2.24, 2.45) is 28.6 Å². The van der Waals surface area contributed by atoms with Crippen LogP contribution in [0.1, 0.15) is 78.6 Å². The Hall–Kier alpha value is -0.260. The van der Waals surface area contributed by atoms with Gasteiger partial charge in [0.2, 0.25) is 0 Å². The summed E-state index contributed by atoms with van der Waals surface area (Å²) < 4.78 is 0. The van der Waals surface area contributed by atoms with Gasteiger partial charge < -0.3 is 0 Å². The maximum absolute atomic E-state index is 2.63. The zero-order valence-corrected chi connectivity index (χ0v) is 13.1. The first-order valence-electron chi connectivity index (χ1n) is 8.79. The third-order valence-corrected chi connectivity index (χ3v) is 7.97. The van der Waals surface area contributed by atoms with E-state index in [2.05, 4.69) is 20.8 Å². The summed E-state index contributed by atoms with van der Waals surface area (Å²) in [5, 5.41) is 0. The summed E-state index contributed by atoms with van der Waals surface area (Å²) in [5.74, 6) is 3.02. The van der Waals surface area contributed by atoms with Gasteiger partial charge in [0.05, 0.1) is 0 Å². The molecule has 4 rings (SSSR count). The number of hydrogen-bond acceptors (Lipinski definition) is 0. The minimum Gasteiger partial charge on any atom is -0.0642 e. The van der Waals surface area contributed by atoms with Crippen LogP contribution in [0.25, 0.3) is 0 Å². The molecule has 0 aromatic heterocycles. The zero-order chi connectivity index (χ0) is 13.3. The molecule has 2 saturated carbocycles. The highest BCUT2D eigenvalue weighted by molar-refractivity contribution is 5.36. The van der Waals surface area contributed by atoms with Crippen LogP contribution in [0.3, 0.4) is 0 Å². The van der Waals surface area contributed by atoms with Crippen LogP contribution in [0.2, 0.25) is 0 Å². The first-order chi connectivity index (χ1) is 9.06. The van der Waals surface area contributed by atoms with Crippen LogP contribution >= 0.6 is 0 Å². The Morgan fingerprint density at radius 3 is 2.42 bits per heavy atom. The van der Waals surface area contributed by atoms with E-state index in [1.54, 1.807) is 0 Å². The zero-order valence-electron chi connectivity index (χ0n) is 13.1. The summed E-state index contributed by atoms with van der Waals surface area (Å²) in [4.78, 5) is 0. The minimum absolute atomic E-state index is 0.601. The highest BCUT2D eigenvalue weighted by Gasteiger charge is 2.54. The summed E-state index contributed by atoms with van der Waals surface area (Å²) in [6, 6.07) is 0. The van der Waals surface area contributed by atoms with Crippen LogP contribution in [0, 0.1) is 28.6 Å². The molecule has 0 aromatic carbocycles. The molecule has 0 bridgehead atoms. The molecule has 19 heavy (non-hydrogen) atoms. The second-order valence-corrected chi connectivity index (χ2v) is 8.58. The summed E-state index contributed by atoms with van der Waals surface area (Å²) in [6.45, 7) is 7.78. The lowest BCUT2D eigenvalue weighted by molar-refractivity contribution is 0.149. The van der Waals surface area contributed by atoms with Gasteiger partial charge in [-0.05, 0) is 80.0 Å². The van der Waals surface area contributed by atoms with E-state index >= 15 is 0 Å². The molecule has 0 radical (unpaired) electrons. The highest BCUT2D eigenvalue weighted by atomic mass is 14.6. The van der Waals surface area contributed by atoms with E-state index in [1.165, 1.54) is 57.8 Å². The predicted octanol–water partition coefficient (Wildman–Crippen LogP) is 5.73. The summed E-state index contributed by atoms with van der Waals surface area (Å²) in [5.41, 5.74) is 5.15. The van der Waals surface area contributed by atoms with Crippen molar-refractivity contribution in [2.45, 2.75) is 78.6 Å². The third-order valence-electron chi connectivity index (χ3n) is 7.97. The van der Waals surface area contributed by atoms with Crippen LogP contribution in [-0.2, 0) is 0 Å². The molecule has 0 spiro atoms. The molecule has 0 heteroatoms. The number of fused-ring (bicyclic) bond motifs is 4. The predicted molar refractivity (Wildman–Crippen MR) is 80.9 cm³/mol. The molecule has 0 nitrogen and oxygen atoms in total. The molecular weight excluding hydrogens is 228 g/mol. The topological polar surface area (TPSA) is 0 Å². The summed E-state index contributed by atoms with van der Waals surface area (Å²) in [6.07, 6.45) is 13.4. The van der Waals surface area contributed by atoms with Crippen LogP contribution in [0.4, 0.5) is 0 Å². The Morgan fingerprint density at radius 1 is 0.842 bits per heavy atom. The van der Waals surface area contributed by atoms with Crippen LogP contribution in [-0.4, -0.2) is 0 Å². The SMILES string of the molecule is CC1CCC2(C)C3=C(CCC12)C1(C)CCCC1CC3. The Kier molecular flexibility index (Phi) is 2.56. The molecule has 0 aromatic rings. The average molecular weight is 258 g/mol. The van der Waals surface area contributed by atoms with E-state index in [-0.39, 0.29) is 0 Å². The molecule has 0 amide bonds. The minimum atomic E-state index is 0.601. The van der Waals surface area contributed by atoms with Gasteiger partial charge in [0.15, 0.2) is 0 Å². The van der Waals surface area contributed by atoms with E-state index in [4.69, 9.17) is 0 Å². The Morgan fingerprint density at radius 2 is 1.58 bits per heavy atom. The molecule has 2 fully saturated rings. The lowest BCUT2D eigenvalue weighted by Gasteiger charge is -2.51. The molecule has 5 unspecified atom stereocenters. The molecule has 4 aliphatic carbocycles. The van der Waals surface area contributed by atoms with Crippen LogP contribution in [0.5, 0.6) is 0 Å². The van der Waals surface area contributed by atoms with E-state index < -0.39 is 0 Å². The summed E-state index contributed by atoms with van der Waals surface area (Å²) >= 11 is 0. The smallest absolute Gasteiger partial charge is 0.00825 e. The van der Waals surface area contributed by atoms with Crippen molar-refractivity contribution in [3.8, 4) is 0 Å². The molecule has 4 aliphatic rings. The number of rotatable bonds is 0. The normalized spacial score (nSPS) is 52.9. The average Bonchev–Trinajstić information content (AvgIpc) is 2.91. The van der Waals surface area contributed by atoms with E-state index in [0.29, 0.717) is 10.8 Å². The molecule has 0 aliphatic heterocycles. The van der Waals surface area contributed by atoms with Crippen LogP contribution in [0.15, 0.2) is 11.1 Å². The Bertz CT molecular complexity index is 431. The van der Waals surface area contributed by atoms with Gasteiger partial charge in [0.1, 0.15) is 0 Å². The van der Waals surface area contributed by atoms with Gasteiger partial charge in [-0.1, -0.05) is 38.3 Å². The maximum Gasteiger partial charge on any atom is -0.00825 e. The maximum atomic E-state index is 2.63. The van der Waals surface area contributed by atoms with Crippen molar-refractivity contribution in [1.82, 2.24) is 0 Å². The van der Waals surface area contributed by atoms with Crippen LogP contribution < -0.4 is 0 Å². The van der Waals surface area contributed by atoms with Gasteiger partial charge in [-0.3, -0.25) is 0 Å². The Balaban J connectivity index is 1.81. The number of allylic oxidation sites excluding steroid dienone is 2. The standard InChI is InChI=1S/C19H30/c1-13-10-12-19(3)15(13)8-9-16-17(19)7-6-14-5-4-11-18(14,16)2/h13-15H,4-12H2,1-3H3. The van der Waals surface area contributed by atoms with Gasteiger partial charge in [-0.2, -0.15) is 0 Å². The lowest BCUT2D eigenvalue weighted by atomic mass is 9.54. The van der Waals surface area contributed by atoms with Gasteiger partial charge in [-0.25, -0.2) is 0 Å². The fraction of sp³-hybridized carbons (Fsp3) is 0.895. The fourth-order valence-corrected chi connectivity index (χ4v) is 6.80. The van der Waals surface area contributed by atoms with Gasteiger partial charge >= 0.3 is 0 Å². The fourth-order valence-electron chi connectivity index (χ4n) is 6.80. The van der Waals surface area contributed by atoms with Crippen molar-refractivity contribution in [3.63, 3.8) is 0 Å². The largest absolute Gasteiger partial charge is 0.0642 e. The Labute approximate surface area is 119 Å². The van der Waals surface area contributed by atoms with Crippen molar-refractivity contribution in [3.05, 3.63) is 11.1 Å². The van der Waals surface area contributed by atoms with Crippen molar-refractivity contribution < 1.29 is 0 Å². The molecule has 0 heterocycles. The lowest BCUT2D eigenvalue weighted by Crippen LogP contribution is -2.39. The third kappa shape index (κ3) is 1.47. The highest BCUT2D eigenvalue weighted by Crippen LogP contribution is 2.65. The molecule has 0 N–H and O–H groups in total. The van der Waals surface area contributed by atoms with E-state index in [0.717, 1.165) is 17.8 Å². The van der Waals surface area contributed by atoms with E-state index in [9.17, 15) is 0 Å². The summed E-state index contributed by atoms with van der Waals surface area (Å²) in [7, 11) is 0. The molecular formula is C19H30. The number of hydrogen-bond donors (Lipinski definition) is 0. The van der Waals surface area contributed by atoms with Gasteiger partial charge in [0, 0.05) is 0 Å². The van der Waals surface area contributed by atoms with Crippen molar-refractivity contribution >= 4 is 0 Å². The van der Waals surface area contributed by atoms with Gasteiger partial charge in [-0.15, -0.1) is 0 Å². The first kappa shape index (κ1) is 12.5. The molecule has 106 valence electrons. The second kappa shape index (κ2) is 3.89. The van der Waals surface area contributed by atoms with E-state index in [1.807, 2.05) is 11.1 Å². The van der Waals surface area contributed by atoms with Gasteiger partial charge in [0.25, 0.3) is 0 Å². The first-order valence-corrected chi connectivity index (χ1v) is 8.79. The van der Waals surface area contributed by atoms with Crippen molar-refractivity contribution in [1.29, 1.82) is 0 Å². The monoisotopic (exact) mass is 258 g/mol. The second-order valence-electron chi connectivity index (χ2n) is 8.58. The molecule has 0 saturated heterocycles.